The van der Waals surface area contributed by atoms with E-state index in [0.29, 0.717) is 5.88 Å². The van der Waals surface area contributed by atoms with Gasteiger partial charge in [0.1, 0.15) is 10.9 Å². The normalized spacial score (nSPS) is 15.5. The van der Waals surface area contributed by atoms with Crippen molar-refractivity contribution in [2.24, 2.45) is 0 Å². The average molecular weight is 426 g/mol. The van der Waals surface area contributed by atoms with Crippen LogP contribution in [0.4, 0.5) is 21.9 Å². The molecule has 0 unspecified atom stereocenters. The van der Waals surface area contributed by atoms with Crippen molar-refractivity contribution in [3.8, 4) is 5.88 Å². The second kappa shape index (κ2) is 8.27. The highest BCUT2D eigenvalue weighted by Gasteiger charge is 2.31. The highest BCUT2D eigenvalue weighted by molar-refractivity contribution is 7.19. The van der Waals surface area contributed by atoms with Gasteiger partial charge in [-0.15, -0.1) is 11.3 Å². The van der Waals surface area contributed by atoms with Crippen molar-refractivity contribution in [1.29, 1.82) is 0 Å². The Hall–Kier alpha value is -3.20. The van der Waals surface area contributed by atoms with Crippen LogP contribution < -0.4 is 15.0 Å². The van der Waals surface area contributed by atoms with Crippen LogP contribution in [-0.4, -0.2) is 33.7 Å². The molecule has 1 fully saturated rings. The lowest BCUT2D eigenvalue weighted by atomic mass is 10.1. The standard InChI is InChI=1S/C20H20N4O2S.CH2O2/c1-11-9-16(26-13-5-3-4-6-13)22-10-15(11)24-14-7-8-21-19-17(14)18(12(2)27-19)23-20(24)25;2-1-3/h7-10,13H,3-6H2,1-2H3,(H,23,25);1H,(H,2,3). The van der Waals surface area contributed by atoms with Crippen molar-refractivity contribution in [3.63, 3.8) is 0 Å². The maximum atomic E-state index is 12.9. The Bertz CT molecular complexity index is 1110. The Kier molecular flexibility index (Phi) is 5.54. The van der Waals surface area contributed by atoms with Crippen LogP contribution in [0, 0.1) is 13.8 Å². The average Bonchev–Trinajstić information content (AvgIpc) is 3.33. The number of nitrogens with zero attached hydrogens (tertiary/aromatic N) is 3. The second-order valence-corrected chi connectivity index (χ2v) is 8.45. The summed E-state index contributed by atoms with van der Waals surface area (Å²) in [5.41, 5.74) is 3.42. The Morgan fingerprint density at radius 1 is 1.27 bits per heavy atom. The number of carbonyl (C=O) groups is 2. The van der Waals surface area contributed by atoms with Crippen LogP contribution in [0.3, 0.4) is 0 Å². The molecule has 3 aromatic rings. The first-order valence-electron chi connectivity index (χ1n) is 9.74. The van der Waals surface area contributed by atoms with Gasteiger partial charge in [-0.2, -0.15) is 0 Å². The molecule has 8 nitrogen and oxygen atoms in total. The third-order valence-corrected chi connectivity index (χ3v) is 6.32. The summed E-state index contributed by atoms with van der Waals surface area (Å²) < 4.78 is 6.00. The predicted molar refractivity (Wildman–Crippen MR) is 116 cm³/mol. The molecule has 5 rings (SSSR count). The second-order valence-electron chi connectivity index (χ2n) is 7.25. The first kappa shape index (κ1) is 20.1. The van der Waals surface area contributed by atoms with Gasteiger partial charge in [0.2, 0.25) is 5.88 Å². The van der Waals surface area contributed by atoms with Gasteiger partial charge in [0, 0.05) is 17.1 Å². The van der Waals surface area contributed by atoms with Gasteiger partial charge in [-0.25, -0.2) is 14.8 Å². The Labute approximate surface area is 177 Å². The van der Waals surface area contributed by atoms with E-state index >= 15 is 0 Å². The zero-order valence-electron chi connectivity index (χ0n) is 16.7. The zero-order chi connectivity index (χ0) is 21.3. The van der Waals surface area contributed by atoms with Crippen molar-refractivity contribution in [1.82, 2.24) is 9.97 Å². The van der Waals surface area contributed by atoms with Gasteiger partial charge in [0.15, 0.2) is 0 Å². The maximum absolute atomic E-state index is 12.9. The van der Waals surface area contributed by atoms with Crippen molar-refractivity contribution >= 4 is 51.1 Å². The maximum Gasteiger partial charge on any atom is 0.331 e. The molecule has 2 N–H and O–H groups in total. The van der Waals surface area contributed by atoms with Gasteiger partial charge < -0.3 is 15.2 Å². The molecule has 1 saturated carbocycles. The number of ether oxygens (including phenoxy) is 1. The number of hydrogen-bond acceptors (Lipinski definition) is 6. The van der Waals surface area contributed by atoms with Gasteiger partial charge in [-0.05, 0) is 51.2 Å². The molecular weight excluding hydrogens is 404 g/mol. The smallest absolute Gasteiger partial charge is 0.331 e. The lowest BCUT2D eigenvalue weighted by molar-refractivity contribution is -0.122. The fourth-order valence-electron chi connectivity index (χ4n) is 3.96. The quantitative estimate of drug-likeness (QED) is 0.570. The van der Waals surface area contributed by atoms with E-state index in [1.54, 1.807) is 28.6 Å². The van der Waals surface area contributed by atoms with E-state index < -0.39 is 0 Å². The Balaban J connectivity index is 0.000000687. The molecule has 0 atom stereocenters. The molecule has 30 heavy (non-hydrogen) atoms. The lowest BCUT2D eigenvalue weighted by Crippen LogP contribution is -2.34. The van der Waals surface area contributed by atoms with Gasteiger partial charge in [-0.1, -0.05) is 0 Å². The van der Waals surface area contributed by atoms with E-state index in [2.05, 4.69) is 15.3 Å². The molecule has 2 aliphatic rings. The van der Waals surface area contributed by atoms with Crippen LogP contribution >= 0.6 is 11.3 Å². The van der Waals surface area contributed by atoms with Crippen LogP contribution in [0.2, 0.25) is 0 Å². The van der Waals surface area contributed by atoms with Gasteiger partial charge in [-0.3, -0.25) is 9.69 Å². The number of carbonyl (C=O) groups excluding carboxylic acids is 1. The summed E-state index contributed by atoms with van der Waals surface area (Å²) in [6.07, 6.45) is 8.36. The number of anilines is 3. The molecule has 4 heterocycles. The van der Waals surface area contributed by atoms with E-state index in [9.17, 15) is 4.79 Å². The van der Waals surface area contributed by atoms with Crippen molar-refractivity contribution in [3.05, 3.63) is 35.0 Å². The first-order valence-corrected chi connectivity index (χ1v) is 10.6. The SMILES string of the molecule is Cc1cc(OC2CCCC2)ncc1N1C(=O)Nc2c(C)sc3nccc1c23.O=CO. The molecule has 0 bridgehead atoms. The number of carboxylic acid groups (broad SMARTS) is 1. The minimum absolute atomic E-state index is 0.175. The van der Waals surface area contributed by atoms with E-state index in [1.807, 2.05) is 26.0 Å². The highest BCUT2D eigenvalue weighted by Crippen LogP contribution is 2.45. The molecule has 1 aliphatic carbocycles. The largest absolute Gasteiger partial charge is 0.483 e. The van der Waals surface area contributed by atoms with E-state index in [-0.39, 0.29) is 18.6 Å². The fourth-order valence-corrected chi connectivity index (χ4v) is 4.93. The molecule has 0 aromatic carbocycles. The molecule has 156 valence electrons. The summed E-state index contributed by atoms with van der Waals surface area (Å²) in [5, 5.41) is 10.9. The molecule has 3 aromatic heterocycles. The molecular formula is C21H22N4O4S. The molecule has 2 amide bonds. The molecule has 0 saturated heterocycles. The monoisotopic (exact) mass is 426 g/mol. The topological polar surface area (TPSA) is 105 Å². The van der Waals surface area contributed by atoms with Gasteiger partial charge >= 0.3 is 6.03 Å². The van der Waals surface area contributed by atoms with E-state index in [4.69, 9.17) is 14.6 Å². The number of rotatable bonds is 3. The fraction of sp³-hybridized carbons (Fsp3) is 0.333. The number of pyridine rings is 2. The van der Waals surface area contributed by atoms with Gasteiger partial charge in [0.25, 0.3) is 6.47 Å². The van der Waals surface area contributed by atoms with Crippen LogP contribution in [-0.2, 0) is 4.79 Å². The molecule has 9 heteroatoms. The summed E-state index contributed by atoms with van der Waals surface area (Å²) >= 11 is 1.59. The van der Waals surface area contributed by atoms with Gasteiger partial charge in [0.05, 0.1) is 28.6 Å². The van der Waals surface area contributed by atoms with Crippen molar-refractivity contribution in [2.75, 3.05) is 10.2 Å². The summed E-state index contributed by atoms with van der Waals surface area (Å²) in [4.78, 5) is 33.9. The van der Waals surface area contributed by atoms with E-state index in [0.717, 1.165) is 50.6 Å². The first-order chi connectivity index (χ1) is 14.5. The number of hydrogen-bond donors (Lipinski definition) is 2. The molecule has 1 aliphatic heterocycles. The van der Waals surface area contributed by atoms with Crippen molar-refractivity contribution in [2.45, 2.75) is 45.6 Å². The summed E-state index contributed by atoms with van der Waals surface area (Å²) in [6.45, 7) is 3.74. The minimum Gasteiger partial charge on any atom is -0.483 e. The van der Waals surface area contributed by atoms with Crippen LogP contribution in [0.5, 0.6) is 5.88 Å². The van der Waals surface area contributed by atoms with Crippen LogP contribution in [0.1, 0.15) is 36.1 Å². The van der Waals surface area contributed by atoms with Crippen LogP contribution in [0.15, 0.2) is 24.5 Å². The number of urea groups is 1. The van der Waals surface area contributed by atoms with Crippen LogP contribution in [0.25, 0.3) is 10.2 Å². The number of thiophene rings is 1. The zero-order valence-corrected chi connectivity index (χ0v) is 17.5. The predicted octanol–water partition coefficient (Wildman–Crippen LogP) is 5.01. The number of amides is 2. The summed E-state index contributed by atoms with van der Waals surface area (Å²) in [7, 11) is 0. The third-order valence-electron chi connectivity index (χ3n) is 5.31. The third kappa shape index (κ3) is 3.56. The molecule has 0 spiro atoms. The lowest BCUT2D eigenvalue weighted by Gasteiger charge is -2.29. The summed E-state index contributed by atoms with van der Waals surface area (Å²) in [5.74, 6) is 0.632. The number of aromatic nitrogens is 2. The highest BCUT2D eigenvalue weighted by atomic mass is 32.1. The summed E-state index contributed by atoms with van der Waals surface area (Å²) in [6, 6.07) is 3.64. The number of aryl methyl sites for hydroxylation is 2. The van der Waals surface area contributed by atoms with Crippen molar-refractivity contribution < 1.29 is 19.4 Å². The van der Waals surface area contributed by atoms with E-state index in [1.165, 1.54) is 12.8 Å². The Morgan fingerprint density at radius 3 is 2.70 bits per heavy atom. The number of nitrogens with one attached hydrogen (secondary N) is 1. The Morgan fingerprint density at radius 2 is 2.00 bits per heavy atom. The molecule has 0 radical (unpaired) electrons. The minimum atomic E-state index is -0.250.